The van der Waals surface area contributed by atoms with E-state index in [9.17, 15) is 30.8 Å². The second-order valence-corrected chi connectivity index (χ2v) is 9.03. The molecule has 0 spiro atoms. The minimum atomic E-state index is -4.91. The van der Waals surface area contributed by atoms with Crippen molar-refractivity contribution in [2.75, 3.05) is 11.9 Å². The van der Waals surface area contributed by atoms with E-state index in [1.165, 1.54) is 18.2 Å². The molecule has 0 saturated heterocycles. The number of anilines is 1. The number of carbonyl (C=O) groups is 1. The van der Waals surface area contributed by atoms with Gasteiger partial charge in [0.1, 0.15) is 11.6 Å². The molecule has 0 aromatic heterocycles. The van der Waals surface area contributed by atoms with Gasteiger partial charge in [-0.2, -0.15) is 13.2 Å². The first-order valence-corrected chi connectivity index (χ1v) is 11.4. The maximum atomic E-state index is 13.4. The number of rotatable bonds is 8. The maximum absolute atomic E-state index is 13.4. The Balaban J connectivity index is 1.61. The molecule has 34 heavy (non-hydrogen) atoms. The molecule has 180 valence electrons. The zero-order valence-electron chi connectivity index (χ0n) is 17.8. The van der Waals surface area contributed by atoms with Crippen LogP contribution in [0.25, 0.3) is 0 Å². The van der Waals surface area contributed by atoms with Gasteiger partial charge in [0.25, 0.3) is 5.91 Å². The molecule has 3 aromatic carbocycles. The van der Waals surface area contributed by atoms with Crippen LogP contribution in [0.5, 0.6) is 5.75 Å². The van der Waals surface area contributed by atoms with E-state index >= 15 is 0 Å². The molecule has 0 aliphatic heterocycles. The van der Waals surface area contributed by atoms with Crippen molar-refractivity contribution in [3.8, 4) is 5.75 Å². The highest BCUT2D eigenvalue weighted by atomic mass is 32.2. The number of sulfonamides is 1. The topological polar surface area (TPSA) is 84.5 Å². The van der Waals surface area contributed by atoms with Crippen molar-refractivity contribution in [3.63, 3.8) is 0 Å². The minimum absolute atomic E-state index is 0.00345. The third-order valence-corrected chi connectivity index (χ3v) is 6.08. The van der Waals surface area contributed by atoms with Gasteiger partial charge in [0.15, 0.2) is 6.61 Å². The maximum Gasteiger partial charge on any atom is 0.419 e. The zero-order valence-corrected chi connectivity index (χ0v) is 18.6. The van der Waals surface area contributed by atoms with Gasteiger partial charge in [-0.25, -0.2) is 17.5 Å². The van der Waals surface area contributed by atoms with Crippen LogP contribution in [-0.4, -0.2) is 20.9 Å². The molecule has 0 radical (unpaired) electrons. The molecule has 0 saturated carbocycles. The molecular weight excluding hydrogens is 476 g/mol. The summed E-state index contributed by atoms with van der Waals surface area (Å²) in [4.78, 5) is 12.1. The van der Waals surface area contributed by atoms with Crippen molar-refractivity contribution in [1.82, 2.24) is 4.72 Å². The van der Waals surface area contributed by atoms with Gasteiger partial charge in [-0.15, -0.1) is 0 Å². The molecule has 6 nitrogen and oxygen atoms in total. The van der Waals surface area contributed by atoms with Gasteiger partial charge < -0.3 is 10.1 Å². The van der Waals surface area contributed by atoms with E-state index in [0.717, 1.165) is 11.6 Å². The lowest BCUT2D eigenvalue weighted by Gasteiger charge is -2.13. The lowest BCUT2D eigenvalue weighted by atomic mass is 10.2. The Bertz CT molecular complexity index is 1280. The average molecular weight is 496 g/mol. The SMILES string of the molecule is Cc1cc(S(=O)(=O)NCc2ccccc2)ccc1OCC(=O)Nc1ccc(F)c(C(F)(F)F)c1. The van der Waals surface area contributed by atoms with E-state index in [2.05, 4.69) is 10.0 Å². The van der Waals surface area contributed by atoms with Crippen molar-refractivity contribution >= 4 is 21.6 Å². The Labute approximate surface area is 193 Å². The molecule has 1 amide bonds. The van der Waals surface area contributed by atoms with Crippen molar-refractivity contribution in [2.24, 2.45) is 0 Å². The van der Waals surface area contributed by atoms with E-state index in [4.69, 9.17) is 4.74 Å². The van der Waals surface area contributed by atoms with Crippen LogP contribution in [-0.2, 0) is 27.5 Å². The fourth-order valence-electron chi connectivity index (χ4n) is 2.97. The third-order valence-electron chi connectivity index (χ3n) is 4.68. The minimum Gasteiger partial charge on any atom is -0.483 e. The Kier molecular flexibility index (Phi) is 7.57. The summed E-state index contributed by atoms with van der Waals surface area (Å²) in [6.07, 6.45) is -4.91. The molecule has 11 heteroatoms. The van der Waals surface area contributed by atoms with Crippen LogP contribution in [0.15, 0.2) is 71.6 Å². The number of hydrogen-bond acceptors (Lipinski definition) is 4. The number of nitrogens with one attached hydrogen (secondary N) is 2. The van der Waals surface area contributed by atoms with Gasteiger partial charge in [0.05, 0.1) is 10.5 Å². The van der Waals surface area contributed by atoms with E-state index in [1.807, 2.05) is 6.07 Å². The van der Waals surface area contributed by atoms with Crippen LogP contribution >= 0.6 is 0 Å². The van der Waals surface area contributed by atoms with E-state index in [0.29, 0.717) is 17.7 Å². The normalized spacial score (nSPS) is 11.8. The monoisotopic (exact) mass is 496 g/mol. The molecule has 0 fully saturated rings. The van der Waals surface area contributed by atoms with Crippen LogP contribution < -0.4 is 14.8 Å². The van der Waals surface area contributed by atoms with E-state index in [-0.39, 0.29) is 22.9 Å². The number of aryl methyl sites for hydroxylation is 1. The number of amides is 1. The summed E-state index contributed by atoms with van der Waals surface area (Å²) in [7, 11) is -3.80. The predicted octanol–water partition coefficient (Wildman–Crippen LogP) is 4.65. The summed E-state index contributed by atoms with van der Waals surface area (Å²) in [5.74, 6) is -2.02. The van der Waals surface area contributed by atoms with Crippen molar-refractivity contribution < 1.29 is 35.5 Å². The first-order chi connectivity index (χ1) is 16.0. The highest BCUT2D eigenvalue weighted by Gasteiger charge is 2.34. The van der Waals surface area contributed by atoms with Crippen molar-refractivity contribution in [1.29, 1.82) is 0 Å². The number of alkyl halides is 3. The van der Waals surface area contributed by atoms with Gasteiger partial charge in [-0.05, 0) is 54.4 Å². The largest absolute Gasteiger partial charge is 0.483 e. The smallest absolute Gasteiger partial charge is 0.419 e. The Morgan fingerprint density at radius 1 is 1.00 bits per heavy atom. The van der Waals surface area contributed by atoms with Crippen molar-refractivity contribution in [2.45, 2.75) is 24.5 Å². The van der Waals surface area contributed by atoms with E-state index < -0.39 is 40.1 Å². The van der Waals surface area contributed by atoms with Crippen molar-refractivity contribution in [3.05, 3.63) is 89.2 Å². The number of ether oxygens (including phenoxy) is 1. The number of halogens is 4. The number of benzene rings is 3. The summed E-state index contributed by atoms with van der Waals surface area (Å²) >= 11 is 0. The molecule has 3 aromatic rings. The fourth-order valence-corrected chi connectivity index (χ4v) is 4.07. The highest BCUT2D eigenvalue weighted by Crippen LogP contribution is 2.33. The summed E-state index contributed by atoms with van der Waals surface area (Å²) in [6, 6.07) is 15.1. The Morgan fingerprint density at radius 3 is 2.35 bits per heavy atom. The first kappa shape index (κ1) is 25.2. The highest BCUT2D eigenvalue weighted by molar-refractivity contribution is 7.89. The molecule has 0 aliphatic rings. The molecule has 2 N–H and O–H groups in total. The molecular formula is C23H20F4N2O4S. The predicted molar refractivity (Wildman–Crippen MR) is 117 cm³/mol. The quantitative estimate of drug-likeness (QED) is 0.445. The van der Waals surface area contributed by atoms with Gasteiger partial charge in [-0.3, -0.25) is 4.79 Å². The second kappa shape index (κ2) is 10.2. The molecule has 0 unspecified atom stereocenters. The Morgan fingerprint density at radius 2 is 1.71 bits per heavy atom. The van der Waals surface area contributed by atoms with E-state index in [1.54, 1.807) is 31.2 Å². The standard InChI is InChI=1S/C23H20F4N2O4S/c1-15-11-18(34(31,32)28-13-16-5-3-2-4-6-16)8-10-21(15)33-14-22(30)29-17-7-9-20(24)19(12-17)23(25,26)27/h2-12,28H,13-14H2,1H3,(H,29,30). The van der Waals surface area contributed by atoms with Crippen LogP contribution in [0.2, 0.25) is 0 Å². The van der Waals surface area contributed by atoms with Gasteiger partial charge >= 0.3 is 6.18 Å². The second-order valence-electron chi connectivity index (χ2n) is 7.27. The van der Waals surface area contributed by atoms with Gasteiger partial charge in [0.2, 0.25) is 10.0 Å². The van der Waals surface area contributed by atoms with Crippen LogP contribution in [0, 0.1) is 12.7 Å². The molecule has 3 rings (SSSR count). The molecule has 0 heterocycles. The van der Waals surface area contributed by atoms with Crippen LogP contribution in [0.4, 0.5) is 23.2 Å². The zero-order chi connectivity index (χ0) is 24.9. The summed E-state index contributed by atoms with van der Waals surface area (Å²) in [5.41, 5.74) is -0.529. The third kappa shape index (κ3) is 6.55. The molecule has 0 bridgehead atoms. The Hall–Kier alpha value is -3.44. The first-order valence-electron chi connectivity index (χ1n) is 9.89. The fraction of sp³-hybridized carbons (Fsp3) is 0.174. The average Bonchev–Trinajstić information content (AvgIpc) is 2.78. The molecule has 0 atom stereocenters. The van der Waals surface area contributed by atoms with Crippen LogP contribution in [0.1, 0.15) is 16.7 Å². The summed E-state index contributed by atoms with van der Waals surface area (Å²) < 4.78 is 84.7. The summed E-state index contributed by atoms with van der Waals surface area (Å²) in [5, 5.41) is 2.20. The van der Waals surface area contributed by atoms with Gasteiger partial charge in [0, 0.05) is 12.2 Å². The number of hydrogen-bond donors (Lipinski definition) is 2. The summed E-state index contributed by atoms with van der Waals surface area (Å²) in [6.45, 7) is 1.14. The molecule has 0 aliphatic carbocycles. The lowest BCUT2D eigenvalue weighted by Crippen LogP contribution is -2.23. The van der Waals surface area contributed by atoms with Gasteiger partial charge in [-0.1, -0.05) is 30.3 Å². The lowest BCUT2D eigenvalue weighted by molar-refractivity contribution is -0.140. The van der Waals surface area contributed by atoms with Crippen LogP contribution in [0.3, 0.4) is 0 Å². The number of carbonyl (C=O) groups excluding carboxylic acids is 1.